The number of benzene rings is 1. The molecule has 0 radical (unpaired) electrons. The Morgan fingerprint density at radius 2 is 1.89 bits per heavy atom. The van der Waals surface area contributed by atoms with E-state index < -0.39 is 6.61 Å². The maximum Gasteiger partial charge on any atom is 0.387 e. The average Bonchev–Trinajstić information content (AvgIpc) is 2.30. The molecule has 0 spiro atoms. The summed E-state index contributed by atoms with van der Waals surface area (Å²) >= 11 is 0. The van der Waals surface area contributed by atoms with Gasteiger partial charge in [0.05, 0.1) is 0 Å². The van der Waals surface area contributed by atoms with E-state index in [0.717, 1.165) is 5.56 Å². The summed E-state index contributed by atoms with van der Waals surface area (Å²) in [4.78, 5) is 0. The van der Waals surface area contributed by atoms with Crippen molar-refractivity contribution in [1.82, 2.24) is 5.32 Å². The molecule has 3 nitrogen and oxygen atoms in total. The van der Waals surface area contributed by atoms with Gasteiger partial charge in [0.1, 0.15) is 5.75 Å². The molecule has 102 valence electrons. The first kappa shape index (κ1) is 14.9. The Morgan fingerprint density at radius 1 is 1.28 bits per heavy atom. The van der Waals surface area contributed by atoms with Gasteiger partial charge >= 0.3 is 6.61 Å². The fourth-order valence-electron chi connectivity index (χ4n) is 1.39. The summed E-state index contributed by atoms with van der Waals surface area (Å²) in [5.74, 6) is 0.157. The van der Waals surface area contributed by atoms with Crippen molar-refractivity contribution in [1.29, 1.82) is 0 Å². The van der Waals surface area contributed by atoms with Gasteiger partial charge in [-0.15, -0.1) is 0 Å². The monoisotopic (exact) mass is 259 g/mol. The van der Waals surface area contributed by atoms with Gasteiger partial charge in [0.2, 0.25) is 0 Å². The zero-order valence-corrected chi connectivity index (χ0v) is 10.6. The first-order valence-corrected chi connectivity index (χ1v) is 5.78. The molecule has 0 aliphatic carbocycles. The molecule has 0 heterocycles. The summed E-state index contributed by atoms with van der Waals surface area (Å²) in [6.07, 6.45) is 0. The highest BCUT2D eigenvalue weighted by molar-refractivity contribution is 5.27. The Kier molecular flexibility index (Phi) is 5.50. The molecule has 0 fully saturated rings. The maximum atomic E-state index is 11.9. The Balaban J connectivity index is 2.40. The fourth-order valence-corrected chi connectivity index (χ4v) is 1.39. The van der Waals surface area contributed by atoms with Gasteiger partial charge in [-0.1, -0.05) is 26.0 Å². The molecule has 1 rings (SSSR count). The molecule has 0 saturated heterocycles. The van der Waals surface area contributed by atoms with Gasteiger partial charge in [-0.3, -0.25) is 0 Å². The van der Waals surface area contributed by atoms with Gasteiger partial charge in [-0.05, 0) is 17.7 Å². The van der Waals surface area contributed by atoms with Gasteiger partial charge in [-0.2, -0.15) is 8.78 Å². The minimum absolute atomic E-state index is 0.112. The van der Waals surface area contributed by atoms with E-state index >= 15 is 0 Å². The zero-order chi connectivity index (χ0) is 13.6. The van der Waals surface area contributed by atoms with E-state index in [1.807, 2.05) is 13.8 Å². The lowest BCUT2D eigenvalue weighted by Crippen LogP contribution is -2.31. The number of rotatable bonds is 7. The van der Waals surface area contributed by atoms with Crippen molar-refractivity contribution in [3.63, 3.8) is 0 Å². The molecule has 2 N–H and O–H groups in total. The molecule has 5 heteroatoms. The zero-order valence-electron chi connectivity index (χ0n) is 10.6. The fraction of sp³-hybridized carbons (Fsp3) is 0.538. The SMILES string of the molecule is CC(C)(CO)CNCc1ccc(OC(F)F)cc1. The molecule has 0 aliphatic rings. The summed E-state index contributed by atoms with van der Waals surface area (Å²) in [6.45, 7) is 2.54. The number of hydrogen-bond donors (Lipinski definition) is 2. The second kappa shape index (κ2) is 6.66. The molecule has 0 saturated carbocycles. The third kappa shape index (κ3) is 5.42. The quantitative estimate of drug-likeness (QED) is 0.790. The van der Waals surface area contributed by atoms with Gasteiger partial charge in [0.25, 0.3) is 0 Å². The molecule has 18 heavy (non-hydrogen) atoms. The van der Waals surface area contributed by atoms with Crippen LogP contribution in [0.25, 0.3) is 0 Å². The minimum atomic E-state index is -2.79. The van der Waals surface area contributed by atoms with Crippen molar-refractivity contribution >= 4 is 0 Å². The standard InChI is InChI=1S/C13H19F2NO2/c1-13(2,9-17)8-16-7-10-3-5-11(6-4-10)18-12(14)15/h3-6,12,16-17H,7-9H2,1-2H3. The molecule has 0 atom stereocenters. The number of nitrogens with one attached hydrogen (secondary N) is 1. The van der Waals surface area contributed by atoms with Crippen molar-refractivity contribution in [3.05, 3.63) is 29.8 Å². The van der Waals surface area contributed by atoms with Gasteiger partial charge in [0, 0.05) is 25.1 Å². The number of hydrogen-bond acceptors (Lipinski definition) is 3. The molecular formula is C13H19F2NO2. The van der Waals surface area contributed by atoms with E-state index in [9.17, 15) is 8.78 Å². The summed E-state index contributed by atoms with van der Waals surface area (Å²) in [5.41, 5.74) is 0.809. The summed E-state index contributed by atoms with van der Waals surface area (Å²) < 4.78 is 28.1. The normalized spacial score (nSPS) is 11.9. The van der Waals surface area contributed by atoms with Crippen LogP contribution in [-0.4, -0.2) is 24.9 Å². The van der Waals surface area contributed by atoms with Crippen LogP contribution in [-0.2, 0) is 6.54 Å². The highest BCUT2D eigenvalue weighted by Gasteiger charge is 2.15. The minimum Gasteiger partial charge on any atom is -0.435 e. The molecule has 1 aromatic rings. The summed E-state index contributed by atoms with van der Waals surface area (Å²) in [6, 6.07) is 6.49. The van der Waals surface area contributed by atoms with Crippen LogP contribution in [0.5, 0.6) is 5.75 Å². The number of alkyl halides is 2. The summed E-state index contributed by atoms with van der Waals surface area (Å²) in [5, 5.41) is 12.3. The van der Waals surface area contributed by atoms with Crippen molar-refractivity contribution in [2.75, 3.05) is 13.2 Å². The van der Waals surface area contributed by atoms with Crippen LogP contribution in [0, 0.1) is 5.41 Å². The van der Waals surface area contributed by atoms with Crippen molar-refractivity contribution in [2.24, 2.45) is 5.41 Å². The van der Waals surface area contributed by atoms with E-state index in [4.69, 9.17) is 5.11 Å². The van der Waals surface area contributed by atoms with E-state index in [-0.39, 0.29) is 17.8 Å². The third-order valence-corrected chi connectivity index (χ3v) is 2.51. The van der Waals surface area contributed by atoms with Crippen LogP contribution < -0.4 is 10.1 Å². The lowest BCUT2D eigenvalue weighted by atomic mass is 9.95. The Labute approximate surface area is 106 Å². The second-order valence-corrected chi connectivity index (χ2v) is 4.95. The largest absolute Gasteiger partial charge is 0.435 e. The highest BCUT2D eigenvalue weighted by Crippen LogP contribution is 2.15. The van der Waals surface area contributed by atoms with Crippen molar-refractivity contribution < 1.29 is 18.6 Å². The molecule has 1 aromatic carbocycles. The van der Waals surface area contributed by atoms with Gasteiger partial charge in [0.15, 0.2) is 0 Å². The van der Waals surface area contributed by atoms with Crippen LogP contribution in [0.2, 0.25) is 0 Å². The van der Waals surface area contributed by atoms with Crippen LogP contribution in [0.1, 0.15) is 19.4 Å². The lowest BCUT2D eigenvalue weighted by molar-refractivity contribution is -0.0498. The molecule has 0 amide bonds. The molecule has 0 unspecified atom stereocenters. The number of halogens is 2. The van der Waals surface area contributed by atoms with Crippen LogP contribution >= 0.6 is 0 Å². The average molecular weight is 259 g/mol. The van der Waals surface area contributed by atoms with Gasteiger partial charge < -0.3 is 15.2 Å². The lowest BCUT2D eigenvalue weighted by Gasteiger charge is -2.21. The third-order valence-electron chi connectivity index (χ3n) is 2.51. The first-order chi connectivity index (χ1) is 8.43. The Morgan fingerprint density at radius 3 is 2.39 bits per heavy atom. The second-order valence-electron chi connectivity index (χ2n) is 4.95. The van der Waals surface area contributed by atoms with Crippen LogP contribution in [0.3, 0.4) is 0 Å². The Hall–Kier alpha value is -1.20. The van der Waals surface area contributed by atoms with E-state index in [1.54, 1.807) is 12.1 Å². The molecular weight excluding hydrogens is 240 g/mol. The van der Waals surface area contributed by atoms with Crippen molar-refractivity contribution in [2.45, 2.75) is 27.0 Å². The van der Waals surface area contributed by atoms with E-state index in [1.165, 1.54) is 12.1 Å². The topological polar surface area (TPSA) is 41.5 Å². The number of aliphatic hydroxyl groups is 1. The first-order valence-electron chi connectivity index (χ1n) is 5.78. The van der Waals surface area contributed by atoms with Crippen molar-refractivity contribution in [3.8, 4) is 5.75 Å². The molecule has 0 aliphatic heterocycles. The molecule has 0 bridgehead atoms. The predicted molar refractivity (Wildman–Crippen MR) is 65.6 cm³/mol. The number of ether oxygens (including phenoxy) is 1. The highest BCUT2D eigenvalue weighted by atomic mass is 19.3. The van der Waals surface area contributed by atoms with E-state index in [0.29, 0.717) is 13.1 Å². The predicted octanol–water partition coefficient (Wildman–Crippen LogP) is 2.40. The smallest absolute Gasteiger partial charge is 0.387 e. The molecule has 0 aromatic heterocycles. The summed E-state index contributed by atoms with van der Waals surface area (Å²) in [7, 11) is 0. The maximum absolute atomic E-state index is 11.9. The Bertz CT molecular complexity index is 353. The van der Waals surface area contributed by atoms with E-state index in [2.05, 4.69) is 10.1 Å². The van der Waals surface area contributed by atoms with Crippen LogP contribution in [0.15, 0.2) is 24.3 Å². The van der Waals surface area contributed by atoms with Gasteiger partial charge in [-0.25, -0.2) is 0 Å². The van der Waals surface area contributed by atoms with Crippen LogP contribution in [0.4, 0.5) is 8.78 Å². The number of aliphatic hydroxyl groups excluding tert-OH is 1.